The van der Waals surface area contributed by atoms with Gasteiger partial charge in [0.15, 0.2) is 0 Å². The third-order valence-corrected chi connectivity index (χ3v) is 8.18. The summed E-state index contributed by atoms with van der Waals surface area (Å²) in [5.74, 6) is -0.310. The number of nitrogens with zero attached hydrogens (tertiary/aromatic N) is 1. The largest absolute Gasteiger partial charge is 0.324 e. The second-order valence-electron chi connectivity index (χ2n) is 5.32. The molecule has 2 heterocycles. The maximum Gasteiger partial charge on any atom is 0.253 e. The van der Waals surface area contributed by atoms with Crippen LogP contribution in [0, 0.1) is 0 Å². The fourth-order valence-electron chi connectivity index (χ4n) is 2.62. The van der Waals surface area contributed by atoms with Crippen LogP contribution >= 0.6 is 43.2 Å². The maximum absolute atomic E-state index is 12.7. The second kappa shape index (κ2) is 7.25. The van der Waals surface area contributed by atoms with Crippen LogP contribution in [0.15, 0.2) is 48.9 Å². The number of hydrogen-bond donors (Lipinski definition) is 1. The van der Waals surface area contributed by atoms with Crippen molar-refractivity contribution in [3.05, 3.63) is 44.7 Å². The Bertz CT molecular complexity index is 854. The van der Waals surface area contributed by atoms with Crippen LogP contribution in [0.4, 0.5) is 5.69 Å². The lowest BCUT2D eigenvalue weighted by Gasteiger charge is -2.23. The normalized spacial score (nSPS) is 18.7. The molecule has 5 nitrogen and oxygen atoms in total. The summed E-state index contributed by atoms with van der Waals surface area (Å²) in [4.78, 5) is 12.6. The number of benzene rings is 1. The summed E-state index contributed by atoms with van der Waals surface area (Å²) in [6.45, 7) is 0.361. The zero-order valence-corrected chi connectivity index (χ0v) is 17.2. The lowest BCUT2D eigenvalue weighted by molar-refractivity contribution is -0.119. The van der Waals surface area contributed by atoms with Crippen molar-refractivity contribution in [2.75, 3.05) is 11.9 Å². The van der Waals surface area contributed by atoms with E-state index in [-0.39, 0.29) is 10.1 Å². The number of hydrogen-bond acceptors (Lipinski definition) is 4. The summed E-state index contributed by atoms with van der Waals surface area (Å²) in [7, 11) is -3.63. The molecule has 2 aromatic rings. The van der Waals surface area contributed by atoms with Gasteiger partial charge in [0, 0.05) is 15.5 Å². The Labute approximate surface area is 161 Å². The number of halogens is 2. The molecule has 24 heavy (non-hydrogen) atoms. The number of anilines is 1. The highest BCUT2D eigenvalue weighted by Crippen LogP contribution is 2.31. The lowest BCUT2D eigenvalue weighted by atomic mass is 10.2. The molecule has 1 aliphatic rings. The van der Waals surface area contributed by atoms with Crippen molar-refractivity contribution in [2.24, 2.45) is 0 Å². The fourth-order valence-corrected chi connectivity index (χ4v) is 6.54. The SMILES string of the molecule is O=C(Nc1ccc(Br)cc1Br)C1CCCN1S(=O)(=O)c1cccs1. The Kier molecular flexibility index (Phi) is 5.45. The number of carbonyl (C=O) groups excluding carboxylic acids is 1. The molecule has 0 saturated carbocycles. The standard InChI is InChI=1S/C15H14Br2N2O3S2/c16-10-5-6-12(11(17)9-10)18-15(20)13-3-1-7-19(13)24(21,22)14-4-2-8-23-14/h2,4-6,8-9,13H,1,3,7H2,(H,18,20). The van der Waals surface area contributed by atoms with Crippen LogP contribution in [0.1, 0.15) is 12.8 Å². The molecule has 1 N–H and O–H groups in total. The summed E-state index contributed by atoms with van der Waals surface area (Å²) in [6.07, 6.45) is 1.19. The van der Waals surface area contributed by atoms with Crippen molar-refractivity contribution in [2.45, 2.75) is 23.1 Å². The molecule has 1 fully saturated rings. The van der Waals surface area contributed by atoms with Crippen LogP contribution in [0.25, 0.3) is 0 Å². The smallest absolute Gasteiger partial charge is 0.253 e. The van der Waals surface area contributed by atoms with Crippen LogP contribution in [0.5, 0.6) is 0 Å². The molecule has 1 amide bonds. The van der Waals surface area contributed by atoms with Crippen molar-refractivity contribution >= 4 is 64.8 Å². The zero-order valence-electron chi connectivity index (χ0n) is 12.4. The minimum absolute atomic E-state index is 0.270. The molecule has 1 unspecified atom stereocenters. The topological polar surface area (TPSA) is 66.5 Å². The minimum atomic E-state index is -3.63. The van der Waals surface area contributed by atoms with E-state index < -0.39 is 16.1 Å². The molecule has 3 rings (SSSR count). The first kappa shape index (κ1) is 18.1. The van der Waals surface area contributed by atoms with Crippen molar-refractivity contribution in [1.82, 2.24) is 4.31 Å². The number of carbonyl (C=O) groups is 1. The Hall–Kier alpha value is -0.740. The van der Waals surface area contributed by atoms with Crippen LogP contribution in [0.3, 0.4) is 0 Å². The van der Waals surface area contributed by atoms with Crippen LogP contribution in [0.2, 0.25) is 0 Å². The predicted octanol–water partition coefficient (Wildman–Crippen LogP) is 4.06. The second-order valence-corrected chi connectivity index (χ2v) is 10.2. The number of thiophene rings is 1. The van der Waals surface area contributed by atoms with Crippen molar-refractivity contribution < 1.29 is 13.2 Å². The first-order valence-corrected chi connectivity index (χ1v) is 11.1. The van der Waals surface area contributed by atoms with Gasteiger partial charge in [0.05, 0.1) is 5.69 Å². The van der Waals surface area contributed by atoms with Crippen LogP contribution in [-0.4, -0.2) is 31.2 Å². The Morgan fingerprint density at radius 3 is 2.75 bits per heavy atom. The number of nitrogens with one attached hydrogen (secondary N) is 1. The van der Waals surface area contributed by atoms with Gasteiger partial charge in [-0.05, 0) is 58.4 Å². The first-order chi connectivity index (χ1) is 11.4. The highest BCUT2D eigenvalue weighted by Gasteiger charge is 2.39. The molecule has 128 valence electrons. The molecule has 9 heteroatoms. The summed E-state index contributed by atoms with van der Waals surface area (Å²) < 4.78 is 28.6. The van der Waals surface area contributed by atoms with Crippen molar-refractivity contribution in [3.63, 3.8) is 0 Å². The van der Waals surface area contributed by atoms with E-state index in [1.54, 1.807) is 23.6 Å². The van der Waals surface area contributed by atoms with Gasteiger partial charge in [0.2, 0.25) is 5.91 Å². The average Bonchev–Trinajstić information content (AvgIpc) is 3.21. The number of sulfonamides is 1. The van der Waals surface area contributed by atoms with E-state index in [0.29, 0.717) is 25.1 Å². The maximum atomic E-state index is 12.7. The van der Waals surface area contributed by atoms with Gasteiger partial charge < -0.3 is 5.32 Å². The molecular formula is C15H14Br2N2O3S2. The minimum Gasteiger partial charge on any atom is -0.324 e. The monoisotopic (exact) mass is 492 g/mol. The van der Waals surface area contributed by atoms with Gasteiger partial charge in [-0.3, -0.25) is 4.79 Å². The van der Waals surface area contributed by atoms with E-state index in [2.05, 4.69) is 37.2 Å². The van der Waals surface area contributed by atoms with Crippen LogP contribution in [-0.2, 0) is 14.8 Å². The van der Waals surface area contributed by atoms with Gasteiger partial charge in [0.25, 0.3) is 10.0 Å². The summed E-state index contributed by atoms with van der Waals surface area (Å²) in [5.41, 5.74) is 0.614. The third kappa shape index (κ3) is 3.60. The number of amides is 1. The predicted molar refractivity (Wildman–Crippen MR) is 102 cm³/mol. The summed E-state index contributed by atoms with van der Waals surface area (Å²) in [6, 6.07) is 7.98. The van der Waals surface area contributed by atoms with E-state index in [1.165, 1.54) is 4.31 Å². The van der Waals surface area contributed by atoms with Crippen molar-refractivity contribution in [3.8, 4) is 0 Å². The molecule has 0 aliphatic carbocycles. The van der Waals surface area contributed by atoms with Crippen LogP contribution < -0.4 is 5.32 Å². The molecule has 1 aliphatic heterocycles. The van der Waals surface area contributed by atoms with E-state index in [0.717, 1.165) is 20.3 Å². The van der Waals surface area contributed by atoms with E-state index >= 15 is 0 Å². The van der Waals surface area contributed by atoms with Gasteiger partial charge in [-0.25, -0.2) is 8.42 Å². The van der Waals surface area contributed by atoms with Gasteiger partial charge in [-0.1, -0.05) is 22.0 Å². The molecule has 1 aromatic heterocycles. The summed E-state index contributed by atoms with van der Waals surface area (Å²) in [5, 5.41) is 4.54. The number of rotatable bonds is 4. The summed E-state index contributed by atoms with van der Waals surface area (Å²) >= 11 is 7.92. The lowest BCUT2D eigenvalue weighted by Crippen LogP contribution is -2.42. The van der Waals surface area contributed by atoms with Gasteiger partial charge in [-0.2, -0.15) is 4.31 Å². The highest BCUT2D eigenvalue weighted by atomic mass is 79.9. The molecule has 1 aromatic carbocycles. The third-order valence-electron chi connectivity index (χ3n) is 3.75. The Balaban J connectivity index is 1.81. The van der Waals surface area contributed by atoms with E-state index in [1.807, 2.05) is 12.1 Å². The van der Waals surface area contributed by atoms with Crippen molar-refractivity contribution in [1.29, 1.82) is 0 Å². The molecule has 1 saturated heterocycles. The molecule has 0 bridgehead atoms. The fraction of sp³-hybridized carbons (Fsp3) is 0.267. The quantitative estimate of drug-likeness (QED) is 0.698. The van der Waals surface area contributed by atoms with E-state index in [4.69, 9.17) is 0 Å². The zero-order chi connectivity index (χ0) is 17.3. The Morgan fingerprint density at radius 1 is 1.29 bits per heavy atom. The molecule has 1 atom stereocenters. The Morgan fingerprint density at radius 2 is 2.08 bits per heavy atom. The van der Waals surface area contributed by atoms with E-state index in [9.17, 15) is 13.2 Å². The average molecular weight is 494 g/mol. The molecule has 0 radical (unpaired) electrons. The molecule has 0 spiro atoms. The van der Waals surface area contributed by atoms with Gasteiger partial charge in [-0.15, -0.1) is 11.3 Å². The molecular weight excluding hydrogens is 480 g/mol. The van der Waals surface area contributed by atoms with Gasteiger partial charge in [0.1, 0.15) is 10.3 Å². The van der Waals surface area contributed by atoms with Gasteiger partial charge >= 0.3 is 0 Å². The highest BCUT2D eigenvalue weighted by molar-refractivity contribution is 9.11. The first-order valence-electron chi connectivity index (χ1n) is 7.21.